The van der Waals surface area contributed by atoms with Crippen LogP contribution in [0.2, 0.25) is 5.02 Å². The van der Waals surface area contributed by atoms with Crippen LogP contribution in [0.5, 0.6) is 11.5 Å². The van der Waals surface area contributed by atoms with E-state index in [-0.39, 0.29) is 5.91 Å². The highest BCUT2D eigenvalue weighted by molar-refractivity contribution is 6.32. The number of methoxy groups -OCH3 is 1. The van der Waals surface area contributed by atoms with Crippen molar-refractivity contribution in [2.45, 2.75) is 6.92 Å². The molecule has 0 bridgehead atoms. The fraction of sp³-hybridized carbons (Fsp3) is 0.188. The normalized spacial score (nSPS) is 10.6. The van der Waals surface area contributed by atoms with Crippen LogP contribution in [-0.2, 0) is 0 Å². The second-order valence-electron chi connectivity index (χ2n) is 4.41. The number of carbonyl (C=O) groups excluding carboxylic acids is 1. The average Bonchev–Trinajstić information content (AvgIpc) is 2.56. The SMILES string of the molecule is CCOc1cc(/C=N\NC(=O)c2cccnc2)cc(Cl)c1OC. The van der Waals surface area contributed by atoms with Crippen molar-refractivity contribution in [1.29, 1.82) is 0 Å². The van der Waals surface area contributed by atoms with Crippen LogP contribution in [0, 0.1) is 0 Å². The van der Waals surface area contributed by atoms with Crippen molar-refractivity contribution >= 4 is 23.7 Å². The van der Waals surface area contributed by atoms with Crippen LogP contribution in [0.25, 0.3) is 0 Å². The molecule has 1 aromatic heterocycles. The number of rotatable bonds is 6. The minimum Gasteiger partial charge on any atom is -0.491 e. The summed E-state index contributed by atoms with van der Waals surface area (Å²) in [6.07, 6.45) is 4.53. The van der Waals surface area contributed by atoms with E-state index in [1.807, 2.05) is 6.92 Å². The number of hydrogen-bond donors (Lipinski definition) is 1. The lowest BCUT2D eigenvalue weighted by Crippen LogP contribution is -2.17. The molecule has 1 heterocycles. The van der Waals surface area contributed by atoms with Gasteiger partial charge in [-0.15, -0.1) is 0 Å². The van der Waals surface area contributed by atoms with Gasteiger partial charge in [0, 0.05) is 12.4 Å². The summed E-state index contributed by atoms with van der Waals surface area (Å²) in [5.74, 6) is 0.631. The molecule has 0 radical (unpaired) electrons. The zero-order valence-corrected chi connectivity index (χ0v) is 13.5. The van der Waals surface area contributed by atoms with Gasteiger partial charge < -0.3 is 9.47 Å². The Morgan fingerprint density at radius 2 is 2.30 bits per heavy atom. The number of benzene rings is 1. The quantitative estimate of drug-likeness (QED) is 0.651. The largest absolute Gasteiger partial charge is 0.491 e. The lowest BCUT2D eigenvalue weighted by Gasteiger charge is -2.11. The van der Waals surface area contributed by atoms with Gasteiger partial charge in [-0.25, -0.2) is 5.43 Å². The molecule has 0 aliphatic rings. The predicted octanol–water partition coefficient (Wildman–Crippen LogP) is 2.91. The average molecular weight is 334 g/mol. The summed E-state index contributed by atoms with van der Waals surface area (Å²) >= 11 is 6.15. The van der Waals surface area contributed by atoms with Gasteiger partial charge in [-0.3, -0.25) is 9.78 Å². The maximum atomic E-state index is 11.8. The molecule has 0 atom stereocenters. The van der Waals surface area contributed by atoms with Crippen LogP contribution in [0.4, 0.5) is 0 Å². The molecule has 0 aliphatic carbocycles. The van der Waals surface area contributed by atoms with Gasteiger partial charge in [0.15, 0.2) is 11.5 Å². The zero-order chi connectivity index (χ0) is 16.7. The Kier molecular flexibility index (Phi) is 5.94. The molecule has 0 aliphatic heterocycles. The Labute approximate surface area is 139 Å². The van der Waals surface area contributed by atoms with Crippen LogP contribution in [0.15, 0.2) is 41.8 Å². The third kappa shape index (κ3) is 4.43. The predicted molar refractivity (Wildman–Crippen MR) is 88.5 cm³/mol. The molecule has 7 heteroatoms. The Bertz CT molecular complexity index is 705. The Morgan fingerprint density at radius 1 is 1.48 bits per heavy atom. The van der Waals surface area contributed by atoms with Crippen molar-refractivity contribution in [2.24, 2.45) is 5.10 Å². The summed E-state index contributed by atoms with van der Waals surface area (Å²) in [5.41, 5.74) is 3.52. The van der Waals surface area contributed by atoms with Crippen molar-refractivity contribution in [1.82, 2.24) is 10.4 Å². The molecular weight excluding hydrogens is 318 g/mol. The minimum atomic E-state index is -0.348. The van der Waals surface area contributed by atoms with Gasteiger partial charge >= 0.3 is 0 Å². The van der Waals surface area contributed by atoms with Gasteiger partial charge in [0.05, 0.1) is 30.5 Å². The zero-order valence-electron chi connectivity index (χ0n) is 12.7. The number of halogens is 1. The first-order chi connectivity index (χ1) is 11.2. The Hall–Kier alpha value is -2.60. The standard InChI is InChI=1S/C16H16ClN3O3/c1-3-23-14-8-11(7-13(17)15(14)22-2)9-19-20-16(21)12-5-4-6-18-10-12/h4-10H,3H2,1-2H3,(H,20,21)/b19-9-. The van der Waals surface area contributed by atoms with Crippen molar-refractivity contribution in [2.75, 3.05) is 13.7 Å². The fourth-order valence-corrected chi connectivity index (χ4v) is 2.15. The van der Waals surface area contributed by atoms with Crippen LogP contribution in [-0.4, -0.2) is 30.8 Å². The van der Waals surface area contributed by atoms with E-state index in [1.165, 1.54) is 19.5 Å². The molecule has 2 aromatic rings. The maximum absolute atomic E-state index is 11.8. The number of aromatic nitrogens is 1. The molecule has 23 heavy (non-hydrogen) atoms. The maximum Gasteiger partial charge on any atom is 0.272 e. The van der Waals surface area contributed by atoms with E-state index in [2.05, 4.69) is 15.5 Å². The van der Waals surface area contributed by atoms with Crippen LogP contribution < -0.4 is 14.9 Å². The Balaban J connectivity index is 2.12. The lowest BCUT2D eigenvalue weighted by atomic mass is 10.2. The van der Waals surface area contributed by atoms with Crippen LogP contribution >= 0.6 is 11.6 Å². The molecule has 1 N–H and O–H groups in total. The summed E-state index contributed by atoms with van der Waals surface area (Å²) < 4.78 is 10.7. The molecule has 120 valence electrons. The number of pyridine rings is 1. The smallest absolute Gasteiger partial charge is 0.272 e. The molecule has 6 nitrogen and oxygen atoms in total. The van der Waals surface area contributed by atoms with Gasteiger partial charge in [0.2, 0.25) is 0 Å². The van der Waals surface area contributed by atoms with E-state index in [9.17, 15) is 4.79 Å². The molecule has 1 aromatic carbocycles. The van der Waals surface area contributed by atoms with E-state index < -0.39 is 0 Å². The van der Waals surface area contributed by atoms with E-state index in [4.69, 9.17) is 21.1 Å². The van der Waals surface area contributed by atoms with Gasteiger partial charge in [0.1, 0.15) is 0 Å². The molecule has 0 saturated carbocycles. The summed E-state index contributed by atoms with van der Waals surface area (Å²) in [6.45, 7) is 2.34. The van der Waals surface area contributed by atoms with E-state index in [1.54, 1.807) is 30.5 Å². The summed E-state index contributed by atoms with van der Waals surface area (Å²) in [6, 6.07) is 6.72. The monoisotopic (exact) mass is 333 g/mol. The van der Waals surface area contributed by atoms with Gasteiger partial charge in [0.25, 0.3) is 5.91 Å². The first-order valence-corrected chi connectivity index (χ1v) is 7.27. The highest BCUT2D eigenvalue weighted by Gasteiger charge is 2.10. The topological polar surface area (TPSA) is 72.8 Å². The molecule has 0 unspecified atom stereocenters. The highest BCUT2D eigenvalue weighted by Crippen LogP contribution is 2.35. The molecule has 0 spiro atoms. The van der Waals surface area contributed by atoms with E-state index in [0.29, 0.717) is 34.3 Å². The first-order valence-electron chi connectivity index (χ1n) is 6.89. The van der Waals surface area contributed by atoms with Gasteiger partial charge in [-0.05, 0) is 36.8 Å². The number of hydrogen-bond acceptors (Lipinski definition) is 5. The Morgan fingerprint density at radius 3 is 2.96 bits per heavy atom. The first kappa shape index (κ1) is 16.8. The fourth-order valence-electron chi connectivity index (χ4n) is 1.85. The summed E-state index contributed by atoms with van der Waals surface area (Å²) in [7, 11) is 1.52. The number of carbonyl (C=O) groups is 1. The van der Waals surface area contributed by atoms with Crippen molar-refractivity contribution < 1.29 is 14.3 Å². The number of nitrogens with zero attached hydrogens (tertiary/aromatic N) is 2. The number of hydrazone groups is 1. The minimum absolute atomic E-state index is 0.348. The molecule has 2 rings (SSSR count). The van der Waals surface area contributed by atoms with Gasteiger partial charge in [-0.1, -0.05) is 11.6 Å². The van der Waals surface area contributed by atoms with Crippen LogP contribution in [0.3, 0.4) is 0 Å². The number of nitrogens with one attached hydrogen (secondary N) is 1. The van der Waals surface area contributed by atoms with E-state index >= 15 is 0 Å². The highest BCUT2D eigenvalue weighted by atomic mass is 35.5. The third-order valence-electron chi connectivity index (χ3n) is 2.84. The molecule has 1 amide bonds. The second kappa shape index (κ2) is 8.14. The number of ether oxygens (including phenoxy) is 2. The summed E-state index contributed by atoms with van der Waals surface area (Å²) in [4.78, 5) is 15.7. The van der Waals surface area contributed by atoms with Crippen molar-refractivity contribution in [3.63, 3.8) is 0 Å². The lowest BCUT2D eigenvalue weighted by molar-refractivity contribution is 0.0955. The summed E-state index contributed by atoms with van der Waals surface area (Å²) in [5, 5.41) is 4.31. The second-order valence-corrected chi connectivity index (χ2v) is 4.82. The van der Waals surface area contributed by atoms with E-state index in [0.717, 1.165) is 0 Å². The molecular formula is C16H16ClN3O3. The number of amides is 1. The van der Waals surface area contributed by atoms with Gasteiger partial charge in [-0.2, -0.15) is 5.10 Å². The van der Waals surface area contributed by atoms with Crippen molar-refractivity contribution in [3.8, 4) is 11.5 Å². The van der Waals surface area contributed by atoms with Crippen LogP contribution in [0.1, 0.15) is 22.8 Å². The molecule has 0 fully saturated rings. The molecule has 0 saturated heterocycles. The third-order valence-corrected chi connectivity index (χ3v) is 3.12. The van der Waals surface area contributed by atoms with Crippen molar-refractivity contribution in [3.05, 3.63) is 52.8 Å².